The van der Waals surface area contributed by atoms with Gasteiger partial charge in [-0.25, -0.2) is 4.79 Å². The predicted octanol–water partition coefficient (Wildman–Crippen LogP) is 3.14. The van der Waals surface area contributed by atoms with Gasteiger partial charge >= 0.3 is 5.97 Å². The van der Waals surface area contributed by atoms with Crippen LogP contribution < -0.4 is 5.73 Å². The van der Waals surface area contributed by atoms with E-state index in [9.17, 15) is 4.79 Å². The third-order valence-corrected chi connectivity index (χ3v) is 2.23. The van der Waals surface area contributed by atoms with E-state index in [0.29, 0.717) is 11.3 Å². The van der Waals surface area contributed by atoms with Gasteiger partial charge in [0.05, 0.1) is 16.1 Å². The number of nitrogen functional groups attached to an aromatic ring is 1. The summed E-state index contributed by atoms with van der Waals surface area (Å²) < 4.78 is 5.37. The Balaban J connectivity index is 3.09. The fourth-order valence-corrected chi connectivity index (χ4v) is 1.56. The molecule has 0 aliphatic carbocycles. The zero-order chi connectivity index (χ0) is 11.4. The highest BCUT2D eigenvalue weighted by Gasteiger charge is 2.06. The zero-order valence-electron chi connectivity index (χ0n) is 7.96. The van der Waals surface area contributed by atoms with Crippen molar-refractivity contribution in [3.05, 3.63) is 32.7 Å². The smallest absolute Gasteiger partial charge is 0.337 e. The Hall–Kier alpha value is -0.810. The van der Waals surface area contributed by atoms with E-state index < -0.39 is 5.97 Å². The van der Waals surface area contributed by atoms with Crippen molar-refractivity contribution in [2.45, 2.75) is 0 Å². The molecule has 0 saturated carbocycles. The first-order chi connectivity index (χ1) is 7.04. The molecular formula is C10H9Br2NO2. The van der Waals surface area contributed by atoms with E-state index >= 15 is 0 Å². The van der Waals surface area contributed by atoms with Crippen LogP contribution in [0.2, 0.25) is 0 Å². The van der Waals surface area contributed by atoms with Crippen LogP contribution in [0.5, 0.6) is 0 Å². The van der Waals surface area contributed by atoms with Crippen molar-refractivity contribution in [1.29, 1.82) is 0 Å². The van der Waals surface area contributed by atoms with Gasteiger partial charge in [-0.2, -0.15) is 0 Å². The number of benzene rings is 1. The van der Waals surface area contributed by atoms with Crippen LogP contribution in [-0.4, -0.2) is 13.1 Å². The predicted molar refractivity (Wildman–Crippen MR) is 68.0 cm³/mol. The Morgan fingerprint density at radius 3 is 2.60 bits per heavy atom. The van der Waals surface area contributed by atoms with Crippen LogP contribution in [0.3, 0.4) is 0 Å². The third-order valence-electron chi connectivity index (χ3n) is 1.77. The molecule has 1 aromatic carbocycles. The largest absolute Gasteiger partial charge is 0.465 e. The van der Waals surface area contributed by atoms with E-state index in [-0.39, 0.29) is 0 Å². The number of hydrogen-bond acceptors (Lipinski definition) is 3. The summed E-state index contributed by atoms with van der Waals surface area (Å²) in [5.41, 5.74) is 7.56. The van der Waals surface area contributed by atoms with Crippen LogP contribution in [-0.2, 0) is 4.74 Å². The van der Waals surface area contributed by atoms with Gasteiger partial charge in [-0.3, -0.25) is 0 Å². The summed E-state index contributed by atoms with van der Waals surface area (Å²) >= 11 is 6.47. The molecule has 0 unspecified atom stereocenters. The topological polar surface area (TPSA) is 52.3 Å². The lowest BCUT2D eigenvalue weighted by Gasteiger charge is -2.03. The van der Waals surface area contributed by atoms with Crippen LogP contribution in [0.4, 0.5) is 5.69 Å². The van der Waals surface area contributed by atoms with Crippen molar-refractivity contribution < 1.29 is 9.53 Å². The standard InChI is InChI=1S/C10H9Br2NO2/c1-15-10(14)7-3-2-6(5-9(11)12)8(13)4-7/h2-5H,13H2,1H3. The number of anilines is 1. The van der Waals surface area contributed by atoms with E-state index in [1.807, 2.05) is 0 Å². The number of carbonyl (C=O) groups excluding carboxylic acids is 1. The molecule has 0 heterocycles. The van der Waals surface area contributed by atoms with Crippen molar-refractivity contribution in [3.8, 4) is 0 Å². The first-order valence-corrected chi connectivity index (χ1v) is 5.63. The van der Waals surface area contributed by atoms with Crippen LogP contribution in [0, 0.1) is 0 Å². The molecule has 15 heavy (non-hydrogen) atoms. The van der Waals surface area contributed by atoms with Crippen molar-refractivity contribution >= 4 is 49.6 Å². The summed E-state index contributed by atoms with van der Waals surface area (Å²) in [5, 5.41) is 0. The number of ether oxygens (including phenoxy) is 1. The highest BCUT2D eigenvalue weighted by Crippen LogP contribution is 2.23. The molecule has 0 amide bonds. The number of hydrogen-bond donors (Lipinski definition) is 1. The molecule has 0 bridgehead atoms. The van der Waals surface area contributed by atoms with Gasteiger partial charge in [0.1, 0.15) is 0 Å². The number of methoxy groups -OCH3 is 1. The van der Waals surface area contributed by atoms with Gasteiger partial charge < -0.3 is 10.5 Å². The van der Waals surface area contributed by atoms with Crippen molar-refractivity contribution in [2.24, 2.45) is 0 Å². The number of nitrogens with two attached hydrogens (primary N) is 1. The van der Waals surface area contributed by atoms with E-state index in [1.165, 1.54) is 7.11 Å². The van der Waals surface area contributed by atoms with E-state index in [1.54, 1.807) is 24.3 Å². The zero-order valence-corrected chi connectivity index (χ0v) is 11.1. The maximum atomic E-state index is 11.2. The molecule has 0 spiro atoms. The maximum Gasteiger partial charge on any atom is 0.337 e. The van der Waals surface area contributed by atoms with Gasteiger partial charge in [-0.1, -0.05) is 6.07 Å². The van der Waals surface area contributed by atoms with E-state index in [0.717, 1.165) is 8.96 Å². The van der Waals surface area contributed by atoms with Crippen LogP contribution in [0.25, 0.3) is 6.08 Å². The quantitative estimate of drug-likeness (QED) is 0.667. The molecule has 0 aliphatic heterocycles. The maximum absolute atomic E-state index is 11.2. The molecule has 0 radical (unpaired) electrons. The second-order valence-electron chi connectivity index (χ2n) is 2.77. The molecule has 1 aromatic rings. The fourth-order valence-electron chi connectivity index (χ4n) is 1.07. The summed E-state index contributed by atoms with van der Waals surface area (Å²) in [6, 6.07) is 5.00. The lowest BCUT2D eigenvalue weighted by atomic mass is 10.1. The molecule has 5 heteroatoms. The highest BCUT2D eigenvalue weighted by atomic mass is 79.9. The molecule has 2 N–H and O–H groups in total. The van der Waals surface area contributed by atoms with Gasteiger partial charge in [0.2, 0.25) is 0 Å². The second-order valence-corrected chi connectivity index (χ2v) is 5.54. The molecule has 0 aliphatic rings. The summed E-state index contributed by atoms with van der Waals surface area (Å²) in [7, 11) is 1.33. The van der Waals surface area contributed by atoms with Gasteiger partial charge in [0.25, 0.3) is 0 Å². The molecule has 80 valence electrons. The molecule has 0 aromatic heterocycles. The Morgan fingerprint density at radius 2 is 2.13 bits per heavy atom. The van der Waals surface area contributed by atoms with Gasteiger partial charge in [-0.05, 0) is 55.6 Å². The van der Waals surface area contributed by atoms with Crippen molar-refractivity contribution in [1.82, 2.24) is 0 Å². The summed E-state index contributed by atoms with van der Waals surface area (Å²) in [6.45, 7) is 0. The first-order valence-electron chi connectivity index (χ1n) is 4.05. The number of esters is 1. The van der Waals surface area contributed by atoms with Gasteiger partial charge in [-0.15, -0.1) is 0 Å². The monoisotopic (exact) mass is 333 g/mol. The van der Waals surface area contributed by atoms with E-state index in [4.69, 9.17) is 5.73 Å². The molecular weight excluding hydrogens is 326 g/mol. The van der Waals surface area contributed by atoms with Crippen molar-refractivity contribution in [3.63, 3.8) is 0 Å². The molecule has 1 rings (SSSR count). The highest BCUT2D eigenvalue weighted by molar-refractivity contribution is 9.28. The Morgan fingerprint density at radius 1 is 1.47 bits per heavy atom. The number of rotatable bonds is 2. The summed E-state index contributed by atoms with van der Waals surface area (Å²) in [4.78, 5) is 11.2. The minimum absolute atomic E-state index is 0.393. The summed E-state index contributed by atoms with van der Waals surface area (Å²) in [5.74, 6) is -0.393. The third kappa shape index (κ3) is 3.35. The molecule has 0 atom stereocenters. The minimum atomic E-state index is -0.393. The fraction of sp³-hybridized carbons (Fsp3) is 0.100. The molecule has 0 saturated heterocycles. The Labute approximate surface area is 105 Å². The van der Waals surface area contributed by atoms with Crippen LogP contribution in [0.1, 0.15) is 15.9 Å². The van der Waals surface area contributed by atoms with E-state index in [2.05, 4.69) is 36.6 Å². The van der Waals surface area contributed by atoms with Crippen LogP contribution in [0.15, 0.2) is 21.6 Å². The second kappa shape index (κ2) is 5.32. The van der Waals surface area contributed by atoms with Gasteiger partial charge in [0.15, 0.2) is 0 Å². The molecule has 0 fully saturated rings. The van der Waals surface area contributed by atoms with Gasteiger partial charge in [0, 0.05) is 5.69 Å². The Kier molecular flexibility index (Phi) is 4.35. The average Bonchev–Trinajstić information content (AvgIpc) is 2.19. The SMILES string of the molecule is COC(=O)c1ccc(C=C(Br)Br)c(N)c1. The lowest BCUT2D eigenvalue weighted by molar-refractivity contribution is 0.0601. The average molecular weight is 335 g/mol. The number of halogens is 2. The lowest BCUT2D eigenvalue weighted by Crippen LogP contribution is -2.02. The minimum Gasteiger partial charge on any atom is -0.465 e. The Bertz CT molecular complexity index is 412. The van der Waals surface area contributed by atoms with Crippen molar-refractivity contribution in [2.75, 3.05) is 12.8 Å². The van der Waals surface area contributed by atoms with Crippen LogP contribution >= 0.6 is 31.9 Å². The summed E-state index contributed by atoms with van der Waals surface area (Å²) in [6.07, 6.45) is 1.80. The normalized spacial score (nSPS) is 9.53. The molecule has 3 nitrogen and oxygen atoms in total. The first kappa shape index (κ1) is 12.3. The number of carbonyl (C=O) groups is 1.